The molecule has 0 saturated heterocycles. The largest absolute Gasteiger partial charge is 0.387 e. The van der Waals surface area contributed by atoms with Gasteiger partial charge in [0.2, 0.25) is 0 Å². The Morgan fingerprint density at radius 3 is 3.08 bits per heavy atom. The van der Waals surface area contributed by atoms with Crippen molar-refractivity contribution in [2.24, 2.45) is 0 Å². The van der Waals surface area contributed by atoms with Crippen molar-refractivity contribution in [1.82, 2.24) is 5.32 Å². The first kappa shape index (κ1) is 7.79. The van der Waals surface area contributed by atoms with Gasteiger partial charge in [-0.25, -0.2) is 0 Å². The fraction of sp³-hybridized carbons (Fsp3) is 0.111. The van der Waals surface area contributed by atoms with Gasteiger partial charge in [0.25, 0.3) is 5.69 Å². The molecule has 4 heteroatoms. The van der Waals surface area contributed by atoms with Crippen LogP contribution in [-0.4, -0.2) is 4.92 Å². The maximum atomic E-state index is 10.6. The van der Waals surface area contributed by atoms with Crippen LogP contribution in [-0.2, 0) is 6.54 Å². The minimum atomic E-state index is -0.353. The highest BCUT2D eigenvalue weighted by Gasteiger charge is 2.15. The molecular formula is C9H8N2O2. The molecule has 1 aromatic carbocycles. The van der Waals surface area contributed by atoms with Crippen LogP contribution < -0.4 is 5.32 Å². The van der Waals surface area contributed by atoms with Crippen molar-refractivity contribution in [1.29, 1.82) is 0 Å². The fourth-order valence-electron chi connectivity index (χ4n) is 1.42. The predicted molar refractivity (Wildman–Crippen MR) is 49.0 cm³/mol. The van der Waals surface area contributed by atoms with Crippen molar-refractivity contribution in [3.05, 3.63) is 45.6 Å². The van der Waals surface area contributed by atoms with E-state index in [1.807, 2.05) is 6.07 Å². The quantitative estimate of drug-likeness (QED) is 0.523. The van der Waals surface area contributed by atoms with E-state index in [0.717, 1.165) is 5.56 Å². The lowest BCUT2D eigenvalue weighted by molar-refractivity contribution is -0.385. The van der Waals surface area contributed by atoms with E-state index in [1.165, 1.54) is 6.07 Å². The number of fused-ring (bicyclic) bond motifs is 1. The lowest BCUT2D eigenvalue weighted by Crippen LogP contribution is -2.11. The number of nitro groups is 1. The van der Waals surface area contributed by atoms with Crippen LogP contribution in [0, 0.1) is 10.1 Å². The number of benzene rings is 1. The van der Waals surface area contributed by atoms with E-state index in [2.05, 4.69) is 5.32 Å². The zero-order valence-corrected chi connectivity index (χ0v) is 6.86. The Bertz CT molecular complexity index is 385. The average molecular weight is 176 g/mol. The molecule has 2 rings (SSSR count). The van der Waals surface area contributed by atoms with Gasteiger partial charge in [-0.3, -0.25) is 10.1 Å². The second-order valence-corrected chi connectivity index (χ2v) is 2.82. The number of hydrogen-bond donors (Lipinski definition) is 1. The highest BCUT2D eigenvalue weighted by atomic mass is 16.6. The molecular weight excluding hydrogens is 168 g/mol. The summed E-state index contributed by atoms with van der Waals surface area (Å²) in [6.45, 7) is 0.660. The van der Waals surface area contributed by atoms with E-state index >= 15 is 0 Å². The monoisotopic (exact) mass is 176 g/mol. The lowest BCUT2D eigenvalue weighted by atomic mass is 10.0. The Balaban J connectivity index is 2.60. The number of rotatable bonds is 1. The minimum absolute atomic E-state index is 0.176. The van der Waals surface area contributed by atoms with Gasteiger partial charge in [0.05, 0.1) is 10.5 Å². The van der Waals surface area contributed by atoms with Crippen molar-refractivity contribution in [3.63, 3.8) is 0 Å². The van der Waals surface area contributed by atoms with Crippen molar-refractivity contribution in [2.75, 3.05) is 0 Å². The molecule has 66 valence electrons. The number of nitrogens with one attached hydrogen (secondary N) is 1. The van der Waals surface area contributed by atoms with Crippen molar-refractivity contribution < 1.29 is 4.92 Å². The third-order valence-corrected chi connectivity index (χ3v) is 2.03. The molecule has 0 bridgehead atoms. The zero-order chi connectivity index (χ0) is 9.26. The van der Waals surface area contributed by atoms with Gasteiger partial charge in [0.1, 0.15) is 0 Å². The van der Waals surface area contributed by atoms with E-state index < -0.39 is 0 Å². The van der Waals surface area contributed by atoms with Crippen LogP contribution in [0.3, 0.4) is 0 Å². The SMILES string of the molecule is O=[N+]([O-])c1cccc2c1C=CNC2. The average Bonchev–Trinajstić information content (AvgIpc) is 2.17. The van der Waals surface area contributed by atoms with Gasteiger partial charge in [0, 0.05) is 12.6 Å². The molecule has 0 aliphatic carbocycles. The van der Waals surface area contributed by atoms with Crippen LogP contribution in [0.15, 0.2) is 24.4 Å². The molecule has 0 amide bonds. The molecule has 1 heterocycles. The molecule has 0 spiro atoms. The summed E-state index contributed by atoms with van der Waals surface area (Å²) in [7, 11) is 0. The third-order valence-electron chi connectivity index (χ3n) is 2.03. The molecule has 1 N–H and O–H groups in total. The van der Waals surface area contributed by atoms with Gasteiger partial charge in [-0.2, -0.15) is 0 Å². The van der Waals surface area contributed by atoms with Gasteiger partial charge in [-0.05, 0) is 17.8 Å². The Kier molecular flexibility index (Phi) is 1.73. The Hall–Kier alpha value is -1.84. The van der Waals surface area contributed by atoms with Gasteiger partial charge < -0.3 is 5.32 Å². The fourth-order valence-corrected chi connectivity index (χ4v) is 1.42. The van der Waals surface area contributed by atoms with E-state index in [-0.39, 0.29) is 10.6 Å². The molecule has 0 aromatic heterocycles. The van der Waals surface area contributed by atoms with Crippen molar-refractivity contribution in [2.45, 2.75) is 6.54 Å². The molecule has 0 atom stereocenters. The summed E-state index contributed by atoms with van der Waals surface area (Å²) < 4.78 is 0. The maximum absolute atomic E-state index is 10.6. The molecule has 1 aromatic rings. The first-order valence-electron chi connectivity index (χ1n) is 3.95. The Morgan fingerprint density at radius 1 is 1.46 bits per heavy atom. The second kappa shape index (κ2) is 2.90. The summed E-state index contributed by atoms with van der Waals surface area (Å²) in [5.41, 5.74) is 1.86. The molecule has 0 radical (unpaired) electrons. The van der Waals surface area contributed by atoms with Crippen LogP contribution in [0.1, 0.15) is 11.1 Å². The highest BCUT2D eigenvalue weighted by molar-refractivity contribution is 5.65. The Morgan fingerprint density at radius 2 is 2.31 bits per heavy atom. The predicted octanol–water partition coefficient (Wildman–Crippen LogP) is 1.67. The highest BCUT2D eigenvalue weighted by Crippen LogP contribution is 2.25. The number of nitro benzene ring substituents is 1. The van der Waals surface area contributed by atoms with Gasteiger partial charge in [-0.1, -0.05) is 12.1 Å². The Labute approximate surface area is 75.0 Å². The third kappa shape index (κ3) is 1.26. The smallest absolute Gasteiger partial charge is 0.276 e. The number of nitrogens with zero attached hydrogens (tertiary/aromatic N) is 1. The summed E-state index contributed by atoms with van der Waals surface area (Å²) >= 11 is 0. The summed E-state index contributed by atoms with van der Waals surface area (Å²) in [5, 5.41) is 13.6. The first-order chi connectivity index (χ1) is 6.29. The van der Waals surface area contributed by atoms with Crippen LogP contribution >= 0.6 is 0 Å². The summed E-state index contributed by atoms with van der Waals surface area (Å²) in [6, 6.07) is 5.12. The number of hydrogen-bond acceptors (Lipinski definition) is 3. The van der Waals surface area contributed by atoms with Crippen LogP contribution in [0.4, 0.5) is 5.69 Å². The van der Waals surface area contributed by atoms with Gasteiger partial charge in [-0.15, -0.1) is 0 Å². The molecule has 0 fully saturated rings. The van der Waals surface area contributed by atoms with E-state index in [0.29, 0.717) is 12.1 Å². The lowest BCUT2D eigenvalue weighted by Gasteiger charge is -2.11. The topological polar surface area (TPSA) is 55.2 Å². The van der Waals surface area contributed by atoms with Crippen molar-refractivity contribution >= 4 is 11.8 Å². The summed E-state index contributed by atoms with van der Waals surface area (Å²) in [5.74, 6) is 0. The second-order valence-electron chi connectivity index (χ2n) is 2.82. The maximum Gasteiger partial charge on any atom is 0.276 e. The molecule has 13 heavy (non-hydrogen) atoms. The standard InChI is InChI=1S/C9H8N2O2/c12-11(13)9-3-1-2-7-6-10-5-4-8(7)9/h1-5,10H,6H2. The summed E-state index contributed by atoms with van der Waals surface area (Å²) in [6.07, 6.45) is 3.46. The van der Waals surface area contributed by atoms with Crippen LogP contribution in [0.2, 0.25) is 0 Å². The summed E-state index contributed by atoms with van der Waals surface area (Å²) in [4.78, 5) is 10.3. The molecule has 1 aliphatic heterocycles. The van der Waals surface area contributed by atoms with Gasteiger partial charge in [0.15, 0.2) is 0 Å². The normalized spacial score (nSPS) is 13.2. The molecule has 0 unspecified atom stereocenters. The molecule has 0 saturated carbocycles. The van der Waals surface area contributed by atoms with Crippen LogP contribution in [0.5, 0.6) is 0 Å². The van der Waals surface area contributed by atoms with Gasteiger partial charge >= 0.3 is 0 Å². The first-order valence-corrected chi connectivity index (χ1v) is 3.95. The minimum Gasteiger partial charge on any atom is -0.387 e. The van der Waals surface area contributed by atoms with E-state index in [9.17, 15) is 10.1 Å². The van der Waals surface area contributed by atoms with Crippen molar-refractivity contribution in [3.8, 4) is 0 Å². The molecule has 1 aliphatic rings. The zero-order valence-electron chi connectivity index (χ0n) is 6.86. The van der Waals surface area contributed by atoms with E-state index in [4.69, 9.17) is 0 Å². The van der Waals surface area contributed by atoms with Crippen LogP contribution in [0.25, 0.3) is 6.08 Å². The van der Waals surface area contributed by atoms with E-state index in [1.54, 1.807) is 18.3 Å². The molecule has 4 nitrogen and oxygen atoms in total.